The Hall–Kier alpha value is -4.01. The standard InChI is InChI=1S/C24H25N5O4/c30-21-10-9-17(16-20(21)29-26-18-6-3-4-7-19(18)27-29)13-14-25-22(31)8-2-1-5-15-28-23(32)11-12-24(28)33/h3-4,6-7,9-12,16,30H,1-2,5,8,13-15H2,(H,25,31). The Balaban J connectivity index is 1.20. The smallest absolute Gasteiger partial charge is 0.253 e. The molecule has 4 rings (SSSR count). The van der Waals surface area contributed by atoms with E-state index in [1.807, 2.05) is 36.4 Å². The lowest BCUT2D eigenvalue weighted by Crippen LogP contribution is -2.30. The highest BCUT2D eigenvalue weighted by molar-refractivity contribution is 6.12. The van der Waals surface area contributed by atoms with E-state index in [0.29, 0.717) is 44.5 Å². The molecule has 33 heavy (non-hydrogen) atoms. The van der Waals surface area contributed by atoms with E-state index in [2.05, 4.69) is 15.5 Å². The number of phenolic OH excluding ortho intramolecular Hbond substituents is 1. The lowest BCUT2D eigenvalue weighted by molar-refractivity contribution is -0.137. The van der Waals surface area contributed by atoms with E-state index in [1.165, 1.54) is 21.8 Å². The lowest BCUT2D eigenvalue weighted by Gasteiger charge is -2.13. The summed E-state index contributed by atoms with van der Waals surface area (Å²) in [5.74, 6) is -0.501. The van der Waals surface area contributed by atoms with Crippen LogP contribution in [0.15, 0.2) is 54.6 Å². The SMILES string of the molecule is O=C(CCCCCN1C(=O)C=CC1=O)NCCc1ccc(O)c(-n2nc3ccccc3n2)c1. The molecule has 0 spiro atoms. The second-order valence-electron chi connectivity index (χ2n) is 7.87. The molecule has 0 aliphatic carbocycles. The number of rotatable bonds is 10. The summed E-state index contributed by atoms with van der Waals surface area (Å²) in [7, 11) is 0. The van der Waals surface area contributed by atoms with Crippen molar-refractivity contribution in [2.24, 2.45) is 0 Å². The van der Waals surface area contributed by atoms with Crippen LogP contribution in [0.3, 0.4) is 0 Å². The van der Waals surface area contributed by atoms with Crippen LogP contribution in [0.4, 0.5) is 0 Å². The van der Waals surface area contributed by atoms with Crippen LogP contribution < -0.4 is 5.32 Å². The van der Waals surface area contributed by atoms with Crippen LogP contribution >= 0.6 is 0 Å². The lowest BCUT2D eigenvalue weighted by atomic mass is 10.1. The molecule has 2 N–H and O–H groups in total. The summed E-state index contributed by atoms with van der Waals surface area (Å²) in [4.78, 5) is 37.7. The van der Waals surface area contributed by atoms with Gasteiger partial charge in [-0.3, -0.25) is 19.3 Å². The van der Waals surface area contributed by atoms with Gasteiger partial charge in [-0.25, -0.2) is 0 Å². The van der Waals surface area contributed by atoms with Gasteiger partial charge in [-0.2, -0.15) is 0 Å². The quantitative estimate of drug-likeness (QED) is 0.364. The number of unbranched alkanes of at least 4 members (excludes halogenated alkanes) is 2. The number of imide groups is 1. The third kappa shape index (κ3) is 5.43. The van der Waals surface area contributed by atoms with Gasteiger partial charge in [0, 0.05) is 31.7 Å². The van der Waals surface area contributed by atoms with Gasteiger partial charge in [0.1, 0.15) is 22.5 Å². The van der Waals surface area contributed by atoms with Crippen LogP contribution in [0.1, 0.15) is 31.2 Å². The van der Waals surface area contributed by atoms with Gasteiger partial charge in [-0.05, 0) is 49.1 Å². The Morgan fingerprint density at radius 1 is 0.939 bits per heavy atom. The Labute approximate surface area is 190 Å². The zero-order valence-corrected chi connectivity index (χ0v) is 18.1. The van der Waals surface area contributed by atoms with Crippen molar-refractivity contribution in [3.8, 4) is 11.4 Å². The Bertz CT molecular complexity index is 1170. The van der Waals surface area contributed by atoms with Gasteiger partial charge in [0.25, 0.3) is 11.8 Å². The molecule has 0 unspecified atom stereocenters. The molecule has 0 radical (unpaired) electrons. The van der Waals surface area contributed by atoms with Crippen LogP contribution in [0.5, 0.6) is 5.75 Å². The van der Waals surface area contributed by atoms with Crippen molar-refractivity contribution < 1.29 is 19.5 Å². The van der Waals surface area contributed by atoms with Crippen molar-refractivity contribution in [1.82, 2.24) is 25.2 Å². The van der Waals surface area contributed by atoms with Gasteiger partial charge in [0.2, 0.25) is 5.91 Å². The maximum absolute atomic E-state index is 12.1. The average Bonchev–Trinajstić information content (AvgIpc) is 3.38. The predicted molar refractivity (Wildman–Crippen MR) is 122 cm³/mol. The molecule has 2 aromatic carbocycles. The van der Waals surface area contributed by atoms with E-state index >= 15 is 0 Å². The van der Waals surface area contributed by atoms with Gasteiger partial charge < -0.3 is 10.4 Å². The molecule has 2 heterocycles. The summed E-state index contributed by atoms with van der Waals surface area (Å²) >= 11 is 0. The maximum Gasteiger partial charge on any atom is 0.253 e. The number of carbonyl (C=O) groups is 3. The van der Waals surface area contributed by atoms with E-state index in [0.717, 1.165) is 23.0 Å². The first-order chi connectivity index (χ1) is 16.0. The normalized spacial score (nSPS) is 13.3. The van der Waals surface area contributed by atoms with Gasteiger partial charge >= 0.3 is 0 Å². The number of fused-ring (bicyclic) bond motifs is 1. The Kier molecular flexibility index (Phi) is 6.77. The number of hydrogen-bond acceptors (Lipinski definition) is 6. The molecule has 0 saturated carbocycles. The molecule has 170 valence electrons. The van der Waals surface area contributed by atoms with Crippen molar-refractivity contribution in [2.75, 3.05) is 13.1 Å². The van der Waals surface area contributed by atoms with Gasteiger partial charge in [-0.1, -0.05) is 24.6 Å². The molecule has 9 heteroatoms. The molecular weight excluding hydrogens is 422 g/mol. The second-order valence-corrected chi connectivity index (χ2v) is 7.87. The van der Waals surface area contributed by atoms with Crippen LogP contribution in [-0.2, 0) is 20.8 Å². The van der Waals surface area contributed by atoms with Crippen molar-refractivity contribution in [3.63, 3.8) is 0 Å². The van der Waals surface area contributed by atoms with Gasteiger partial charge in [0.15, 0.2) is 0 Å². The zero-order valence-electron chi connectivity index (χ0n) is 18.1. The zero-order chi connectivity index (χ0) is 23.2. The third-order valence-electron chi connectivity index (χ3n) is 5.46. The van der Waals surface area contributed by atoms with E-state index in [4.69, 9.17) is 0 Å². The minimum absolute atomic E-state index is 0.0380. The summed E-state index contributed by atoms with van der Waals surface area (Å²) in [6.45, 7) is 0.857. The minimum atomic E-state index is -0.272. The maximum atomic E-state index is 12.1. The molecule has 0 atom stereocenters. The Morgan fingerprint density at radius 2 is 1.64 bits per heavy atom. The number of amides is 3. The summed E-state index contributed by atoms with van der Waals surface area (Å²) in [6, 6.07) is 12.7. The largest absolute Gasteiger partial charge is 0.506 e. The average molecular weight is 447 g/mol. The molecule has 1 aliphatic heterocycles. The fourth-order valence-corrected chi connectivity index (χ4v) is 3.67. The number of aromatic hydroxyl groups is 1. The van der Waals surface area contributed by atoms with Crippen molar-refractivity contribution in [3.05, 3.63) is 60.2 Å². The highest BCUT2D eigenvalue weighted by Crippen LogP contribution is 2.23. The van der Waals surface area contributed by atoms with E-state index in [1.54, 1.807) is 6.07 Å². The summed E-state index contributed by atoms with van der Waals surface area (Å²) in [6.07, 6.45) is 5.69. The molecule has 3 amide bonds. The van der Waals surface area contributed by atoms with Crippen molar-refractivity contribution in [1.29, 1.82) is 0 Å². The number of hydrogen-bond donors (Lipinski definition) is 2. The van der Waals surface area contributed by atoms with Crippen molar-refractivity contribution >= 4 is 28.8 Å². The first-order valence-electron chi connectivity index (χ1n) is 11.0. The third-order valence-corrected chi connectivity index (χ3v) is 5.46. The van der Waals surface area contributed by atoms with E-state index in [9.17, 15) is 19.5 Å². The highest BCUT2D eigenvalue weighted by atomic mass is 16.3. The fourth-order valence-electron chi connectivity index (χ4n) is 3.67. The van der Waals surface area contributed by atoms with Crippen LogP contribution in [-0.4, -0.2) is 55.8 Å². The second kappa shape index (κ2) is 10.1. The number of nitrogens with one attached hydrogen (secondary N) is 1. The van der Waals surface area contributed by atoms with E-state index in [-0.39, 0.29) is 23.5 Å². The fraction of sp³-hybridized carbons (Fsp3) is 0.292. The molecule has 1 aliphatic rings. The number of phenols is 1. The predicted octanol–water partition coefficient (Wildman–Crippen LogP) is 2.27. The summed E-state index contributed by atoms with van der Waals surface area (Å²) < 4.78 is 0. The molecule has 0 saturated heterocycles. The molecule has 9 nitrogen and oxygen atoms in total. The number of nitrogens with zero attached hydrogens (tertiary/aromatic N) is 4. The monoisotopic (exact) mass is 447 g/mol. The van der Waals surface area contributed by atoms with Crippen molar-refractivity contribution in [2.45, 2.75) is 32.1 Å². The molecule has 0 bridgehead atoms. The summed E-state index contributed by atoms with van der Waals surface area (Å²) in [5.41, 5.74) is 2.91. The molecular formula is C24H25N5O4. The summed E-state index contributed by atoms with van der Waals surface area (Å²) in [5, 5.41) is 22.0. The van der Waals surface area contributed by atoms with E-state index < -0.39 is 0 Å². The number of aromatic nitrogens is 3. The van der Waals surface area contributed by atoms with Gasteiger partial charge in [0.05, 0.1) is 0 Å². The first-order valence-corrected chi connectivity index (χ1v) is 11.0. The Morgan fingerprint density at radius 3 is 2.33 bits per heavy atom. The van der Waals surface area contributed by atoms with Crippen LogP contribution in [0, 0.1) is 0 Å². The topological polar surface area (TPSA) is 117 Å². The van der Waals surface area contributed by atoms with Gasteiger partial charge in [-0.15, -0.1) is 15.0 Å². The molecule has 3 aromatic rings. The van der Waals surface area contributed by atoms with Crippen LogP contribution in [0.25, 0.3) is 16.7 Å². The van der Waals surface area contributed by atoms with Crippen LogP contribution in [0.2, 0.25) is 0 Å². The highest BCUT2D eigenvalue weighted by Gasteiger charge is 2.22. The molecule has 0 fully saturated rings. The first kappa shape index (κ1) is 22.2. The molecule has 1 aromatic heterocycles. The number of carbonyl (C=O) groups excluding carboxylic acids is 3. The number of benzene rings is 2. The minimum Gasteiger partial charge on any atom is -0.506 e.